The summed E-state index contributed by atoms with van der Waals surface area (Å²) >= 11 is 0. The van der Waals surface area contributed by atoms with E-state index >= 15 is 0 Å². The van der Waals surface area contributed by atoms with Gasteiger partial charge in [-0.1, -0.05) is 12.1 Å². The van der Waals surface area contributed by atoms with Crippen LogP contribution in [-0.2, 0) is 14.3 Å². The maximum atomic E-state index is 12.6. The number of anilines is 1. The average Bonchev–Trinajstić information content (AvgIpc) is 2.58. The molecule has 8 nitrogen and oxygen atoms in total. The molecule has 142 valence electrons. The largest absolute Gasteiger partial charge is 0.477 e. The molecule has 0 aliphatic carbocycles. The first-order valence-corrected chi connectivity index (χ1v) is 8.46. The van der Waals surface area contributed by atoms with Crippen molar-refractivity contribution in [3.8, 4) is 5.75 Å². The number of benzene rings is 1. The lowest BCUT2D eigenvalue weighted by Gasteiger charge is -2.34. The zero-order valence-electron chi connectivity index (χ0n) is 15.5. The zero-order chi connectivity index (χ0) is 19.3. The van der Waals surface area contributed by atoms with Crippen LogP contribution in [0.3, 0.4) is 0 Å². The quantitative estimate of drug-likeness (QED) is 0.844. The molecule has 2 N–H and O–H groups in total. The maximum absolute atomic E-state index is 12.6. The molecule has 0 radical (unpaired) electrons. The number of carbonyl (C=O) groups is 3. The molecular formula is C18H25N3O5. The van der Waals surface area contributed by atoms with E-state index in [-0.39, 0.29) is 31.3 Å². The lowest BCUT2D eigenvalue weighted by molar-refractivity contribution is -0.127. The normalized spacial score (nSPS) is 16.2. The van der Waals surface area contributed by atoms with Crippen molar-refractivity contribution in [2.45, 2.75) is 38.9 Å². The van der Waals surface area contributed by atoms with Gasteiger partial charge in [-0.2, -0.15) is 0 Å². The Morgan fingerprint density at radius 2 is 1.96 bits per heavy atom. The van der Waals surface area contributed by atoms with Gasteiger partial charge in [0.2, 0.25) is 5.91 Å². The van der Waals surface area contributed by atoms with Crippen LogP contribution in [0.5, 0.6) is 5.75 Å². The minimum Gasteiger partial charge on any atom is -0.477 e. The Hall–Kier alpha value is -2.77. The van der Waals surface area contributed by atoms with Gasteiger partial charge in [0.15, 0.2) is 6.10 Å². The van der Waals surface area contributed by atoms with Crippen molar-refractivity contribution in [2.24, 2.45) is 0 Å². The number of amides is 3. The lowest BCUT2D eigenvalue weighted by Crippen LogP contribution is -2.50. The fourth-order valence-corrected chi connectivity index (χ4v) is 2.49. The number of ether oxygens (including phenoxy) is 2. The Kier molecular flexibility index (Phi) is 6.07. The molecule has 1 aromatic carbocycles. The van der Waals surface area contributed by atoms with Gasteiger partial charge in [-0.05, 0) is 32.9 Å². The molecule has 1 aliphatic heterocycles. The van der Waals surface area contributed by atoms with Crippen molar-refractivity contribution in [3.63, 3.8) is 0 Å². The van der Waals surface area contributed by atoms with Gasteiger partial charge < -0.3 is 25.0 Å². The molecule has 0 bridgehead atoms. The second-order valence-corrected chi connectivity index (χ2v) is 6.87. The summed E-state index contributed by atoms with van der Waals surface area (Å²) in [4.78, 5) is 37.7. The predicted octanol–water partition coefficient (Wildman–Crippen LogP) is 1.44. The smallest absolute Gasteiger partial charge is 0.407 e. The van der Waals surface area contributed by atoms with E-state index in [9.17, 15) is 14.4 Å². The van der Waals surface area contributed by atoms with Crippen LogP contribution in [0.25, 0.3) is 0 Å². The number of nitrogens with one attached hydrogen (secondary N) is 2. The third-order valence-electron chi connectivity index (χ3n) is 3.62. The first-order chi connectivity index (χ1) is 12.2. The highest BCUT2D eigenvalue weighted by Crippen LogP contribution is 2.33. The van der Waals surface area contributed by atoms with E-state index in [4.69, 9.17) is 9.47 Å². The summed E-state index contributed by atoms with van der Waals surface area (Å²) < 4.78 is 10.8. The molecule has 2 rings (SSSR count). The van der Waals surface area contributed by atoms with Crippen LogP contribution in [0.1, 0.15) is 27.2 Å². The highest BCUT2D eigenvalue weighted by atomic mass is 16.6. The molecule has 1 atom stereocenters. The third-order valence-corrected chi connectivity index (χ3v) is 3.62. The van der Waals surface area contributed by atoms with E-state index < -0.39 is 17.8 Å². The molecule has 0 saturated heterocycles. The van der Waals surface area contributed by atoms with Crippen molar-refractivity contribution in [2.75, 3.05) is 25.0 Å². The average molecular weight is 363 g/mol. The van der Waals surface area contributed by atoms with Crippen LogP contribution in [-0.4, -0.2) is 49.7 Å². The molecule has 3 amide bonds. The number of hydrogen-bond acceptors (Lipinski definition) is 5. The Morgan fingerprint density at radius 1 is 1.27 bits per heavy atom. The van der Waals surface area contributed by atoms with Crippen LogP contribution in [0.4, 0.5) is 10.5 Å². The Bertz CT molecular complexity index is 684. The molecule has 0 spiro atoms. The summed E-state index contributed by atoms with van der Waals surface area (Å²) in [7, 11) is 1.52. The van der Waals surface area contributed by atoms with E-state index in [0.29, 0.717) is 11.4 Å². The van der Waals surface area contributed by atoms with E-state index in [1.165, 1.54) is 11.9 Å². The van der Waals surface area contributed by atoms with Gasteiger partial charge in [-0.25, -0.2) is 4.79 Å². The summed E-state index contributed by atoms with van der Waals surface area (Å²) in [6, 6.07) is 7.04. The van der Waals surface area contributed by atoms with E-state index in [1.54, 1.807) is 45.0 Å². The minimum atomic E-state index is -0.780. The summed E-state index contributed by atoms with van der Waals surface area (Å²) in [6.07, 6.45) is -1.28. The number of fused-ring (bicyclic) bond motifs is 1. The molecular weight excluding hydrogens is 338 g/mol. The number of hydrogen-bond donors (Lipinski definition) is 2. The minimum absolute atomic E-state index is 0.0774. The van der Waals surface area contributed by atoms with Crippen molar-refractivity contribution < 1.29 is 23.9 Å². The zero-order valence-corrected chi connectivity index (χ0v) is 15.5. The van der Waals surface area contributed by atoms with Gasteiger partial charge in [-0.3, -0.25) is 9.59 Å². The molecule has 0 saturated carbocycles. The molecule has 26 heavy (non-hydrogen) atoms. The van der Waals surface area contributed by atoms with Crippen molar-refractivity contribution in [1.29, 1.82) is 0 Å². The first kappa shape index (κ1) is 19.6. The topological polar surface area (TPSA) is 97.0 Å². The number of likely N-dealkylation sites (N-methyl/N-ethyl adjacent to an activating group) is 1. The third kappa shape index (κ3) is 5.11. The maximum Gasteiger partial charge on any atom is 0.407 e. The second-order valence-electron chi connectivity index (χ2n) is 6.87. The summed E-state index contributed by atoms with van der Waals surface area (Å²) in [5.41, 5.74) is 0.00718. The Labute approximate surface area is 152 Å². The highest BCUT2D eigenvalue weighted by molar-refractivity contribution is 5.97. The van der Waals surface area contributed by atoms with Gasteiger partial charge >= 0.3 is 6.09 Å². The monoisotopic (exact) mass is 363 g/mol. The van der Waals surface area contributed by atoms with Gasteiger partial charge in [0.25, 0.3) is 5.91 Å². The van der Waals surface area contributed by atoms with E-state index in [0.717, 1.165) is 0 Å². The summed E-state index contributed by atoms with van der Waals surface area (Å²) in [6.45, 7) is 5.55. The standard InChI is InChI=1S/C18H25N3O5/c1-18(2,3)26-17(24)20-10-9-15(22)21-11-14(16(23)19-4)25-13-8-6-5-7-12(13)21/h5-8,14H,9-11H2,1-4H3,(H,19,23)(H,20,24)/t14-/m1/s1. The molecule has 0 unspecified atom stereocenters. The van der Waals surface area contributed by atoms with E-state index in [2.05, 4.69) is 10.6 Å². The molecule has 0 fully saturated rings. The molecule has 1 heterocycles. The van der Waals surface area contributed by atoms with Gasteiger partial charge in [0.1, 0.15) is 11.4 Å². The Balaban J connectivity index is 2.00. The second kappa shape index (κ2) is 8.07. The van der Waals surface area contributed by atoms with E-state index in [1.807, 2.05) is 0 Å². The van der Waals surface area contributed by atoms with Gasteiger partial charge in [0.05, 0.1) is 12.2 Å². The fraction of sp³-hybridized carbons (Fsp3) is 0.500. The number of rotatable bonds is 4. The van der Waals surface area contributed by atoms with Gasteiger partial charge in [-0.15, -0.1) is 0 Å². The lowest BCUT2D eigenvalue weighted by atomic mass is 10.1. The molecule has 0 aromatic heterocycles. The van der Waals surface area contributed by atoms with Gasteiger partial charge in [0, 0.05) is 20.0 Å². The number of carbonyl (C=O) groups excluding carboxylic acids is 3. The van der Waals surface area contributed by atoms with Crippen LogP contribution in [0.15, 0.2) is 24.3 Å². The summed E-state index contributed by atoms with van der Waals surface area (Å²) in [5, 5.41) is 5.09. The first-order valence-electron chi connectivity index (χ1n) is 8.46. The molecule has 1 aromatic rings. The number of para-hydroxylation sites is 2. The van der Waals surface area contributed by atoms with Crippen molar-refractivity contribution >= 4 is 23.6 Å². The Morgan fingerprint density at radius 3 is 2.62 bits per heavy atom. The highest BCUT2D eigenvalue weighted by Gasteiger charge is 2.33. The number of nitrogens with zero attached hydrogens (tertiary/aromatic N) is 1. The summed E-state index contributed by atoms with van der Waals surface area (Å²) in [5.74, 6) is -0.0457. The number of alkyl carbamates (subject to hydrolysis) is 1. The van der Waals surface area contributed by atoms with Crippen LogP contribution >= 0.6 is 0 Å². The van der Waals surface area contributed by atoms with Crippen LogP contribution in [0, 0.1) is 0 Å². The van der Waals surface area contributed by atoms with Crippen LogP contribution < -0.4 is 20.3 Å². The SMILES string of the molecule is CNC(=O)[C@H]1CN(C(=O)CCNC(=O)OC(C)(C)C)c2ccccc2O1. The molecule has 8 heteroatoms. The van der Waals surface area contributed by atoms with Crippen molar-refractivity contribution in [1.82, 2.24) is 10.6 Å². The van der Waals surface area contributed by atoms with Crippen molar-refractivity contribution in [3.05, 3.63) is 24.3 Å². The fourth-order valence-electron chi connectivity index (χ4n) is 2.49. The predicted molar refractivity (Wildman–Crippen MR) is 96.1 cm³/mol. The van der Waals surface area contributed by atoms with Crippen LogP contribution in [0.2, 0.25) is 0 Å². The molecule has 1 aliphatic rings.